The van der Waals surface area contributed by atoms with E-state index in [2.05, 4.69) is 29.9 Å². The summed E-state index contributed by atoms with van der Waals surface area (Å²) >= 11 is 0. The number of piperazine rings is 3. The fraction of sp³-hybridized carbons (Fsp3) is 0.273. The number of ketones is 3. The van der Waals surface area contributed by atoms with E-state index in [1.807, 2.05) is 75.4 Å². The number of carbonyl (C=O) groups is 9. The highest BCUT2D eigenvalue weighted by molar-refractivity contribution is 6.46. The first-order valence-corrected chi connectivity index (χ1v) is 29.1. The highest BCUT2D eigenvalue weighted by atomic mass is 16.5. The number of nitrogens with zero attached hydrogens (tertiary/aromatic N) is 9. The van der Waals surface area contributed by atoms with Crippen molar-refractivity contribution >= 4 is 85.9 Å². The van der Waals surface area contributed by atoms with Gasteiger partial charge in [-0.15, -0.1) is 0 Å². The lowest BCUT2D eigenvalue weighted by Crippen LogP contribution is -2.56. The van der Waals surface area contributed by atoms with Crippen LogP contribution in [0.1, 0.15) is 82.9 Å². The van der Waals surface area contributed by atoms with Crippen LogP contribution in [0.3, 0.4) is 0 Å². The van der Waals surface area contributed by atoms with Gasteiger partial charge in [0.2, 0.25) is 0 Å². The average Bonchev–Trinajstić information content (AvgIpc) is 1.66. The Kier molecular flexibility index (Phi) is 18.8. The molecule has 0 radical (unpaired) electrons. The number of nitrogens with one attached hydrogen (secondary N) is 3. The standard InChI is InChI=1S/3C22H22N4O4/c3*1-14-13-25(21(28)15-6-4-3-5-7-15)10-11-26(14)22(29)19(27)16-12-24-20-18(16)17(30-2)8-9-23-20/h3*3-9,12,14H,10-11,13H2,1-2H3,(H,23,24)/t3*14-/m111/s1. The Morgan fingerprint density at radius 2 is 0.633 bits per heavy atom. The van der Waals surface area contributed by atoms with Gasteiger partial charge in [-0.05, 0) is 75.4 Å². The SMILES string of the molecule is COc1ccnc2[nH]cc(C(=O)C(=O)N3CCN(C(=O)c4ccccc4)C[C@H]3C)c12.COc1ccnc2[nH]cc(C(=O)C(=O)N3CCN(C(=O)c4ccccc4)C[C@H]3C)c12.COc1ccnc2[nH]cc(C(=O)C(=O)N3CCN(C(=O)c4ccccc4)C[C@H]3C)c12. The summed E-state index contributed by atoms with van der Waals surface area (Å²) < 4.78 is 16.0. The van der Waals surface area contributed by atoms with Crippen molar-refractivity contribution in [2.75, 3.05) is 80.2 Å². The third-order valence-electron chi connectivity index (χ3n) is 16.2. The van der Waals surface area contributed by atoms with Crippen molar-refractivity contribution in [3.63, 3.8) is 0 Å². The quantitative estimate of drug-likeness (QED) is 0.0883. The molecule has 6 aromatic heterocycles. The molecular formula is C66H66N12O12. The van der Waals surface area contributed by atoms with Crippen LogP contribution in [0.4, 0.5) is 0 Å². The molecule has 3 N–H and O–H groups in total. The smallest absolute Gasteiger partial charge is 0.295 e. The Morgan fingerprint density at radius 1 is 0.378 bits per heavy atom. The molecule has 24 nitrogen and oxygen atoms in total. The molecule has 90 heavy (non-hydrogen) atoms. The van der Waals surface area contributed by atoms with E-state index in [0.29, 0.717) is 126 Å². The fourth-order valence-corrected chi connectivity index (χ4v) is 11.5. The summed E-state index contributed by atoms with van der Waals surface area (Å²) in [5.74, 6) is -2.46. The zero-order valence-corrected chi connectivity index (χ0v) is 50.4. The molecule has 0 saturated carbocycles. The first kappa shape index (κ1) is 62.0. The molecule has 0 unspecified atom stereocenters. The van der Waals surface area contributed by atoms with Gasteiger partial charge in [-0.1, -0.05) is 54.6 Å². The molecule has 6 amide bonds. The molecule has 3 aliphatic rings. The number of ether oxygens (including phenoxy) is 3. The molecule has 3 fully saturated rings. The predicted molar refractivity (Wildman–Crippen MR) is 331 cm³/mol. The summed E-state index contributed by atoms with van der Waals surface area (Å²) in [6.07, 6.45) is 9.16. The number of aromatic amines is 3. The molecule has 0 aliphatic carbocycles. The number of pyridine rings is 3. The lowest BCUT2D eigenvalue weighted by Gasteiger charge is -2.39. The maximum atomic E-state index is 13.0. The summed E-state index contributed by atoms with van der Waals surface area (Å²) in [7, 11) is 4.51. The first-order valence-electron chi connectivity index (χ1n) is 29.1. The number of hydrogen-bond acceptors (Lipinski definition) is 15. The number of rotatable bonds is 12. The molecule has 462 valence electrons. The van der Waals surface area contributed by atoms with Crippen LogP contribution in [0.25, 0.3) is 33.1 Å². The number of fused-ring (bicyclic) bond motifs is 3. The number of methoxy groups -OCH3 is 3. The van der Waals surface area contributed by atoms with Crippen molar-refractivity contribution in [3.05, 3.63) is 180 Å². The van der Waals surface area contributed by atoms with Crippen molar-refractivity contribution in [2.45, 2.75) is 38.9 Å². The zero-order valence-electron chi connectivity index (χ0n) is 50.4. The number of hydrogen-bond donors (Lipinski definition) is 3. The van der Waals surface area contributed by atoms with E-state index in [1.165, 1.54) is 54.6 Å². The highest BCUT2D eigenvalue weighted by Crippen LogP contribution is 2.31. The van der Waals surface area contributed by atoms with Gasteiger partial charge in [-0.2, -0.15) is 0 Å². The van der Waals surface area contributed by atoms with Crippen molar-refractivity contribution in [3.8, 4) is 17.2 Å². The second-order valence-corrected chi connectivity index (χ2v) is 21.7. The molecule has 9 aromatic rings. The predicted octanol–water partition coefficient (Wildman–Crippen LogP) is 6.38. The van der Waals surface area contributed by atoms with E-state index in [1.54, 1.807) is 87.9 Å². The summed E-state index contributed by atoms with van der Waals surface area (Å²) in [6, 6.07) is 31.2. The minimum Gasteiger partial charge on any atom is -0.496 e. The summed E-state index contributed by atoms with van der Waals surface area (Å²) in [4.78, 5) is 147. The monoisotopic (exact) mass is 1220 g/mol. The van der Waals surface area contributed by atoms with E-state index in [-0.39, 0.29) is 52.5 Å². The lowest BCUT2D eigenvalue weighted by atomic mass is 10.1. The van der Waals surface area contributed by atoms with Crippen LogP contribution >= 0.6 is 0 Å². The van der Waals surface area contributed by atoms with E-state index < -0.39 is 35.1 Å². The molecule has 3 aliphatic heterocycles. The Bertz CT molecular complexity index is 3750. The minimum atomic E-state index is -0.623. The van der Waals surface area contributed by atoms with Crippen LogP contribution in [0.5, 0.6) is 17.2 Å². The van der Waals surface area contributed by atoms with Gasteiger partial charge in [-0.3, -0.25) is 43.2 Å². The maximum absolute atomic E-state index is 13.0. The Hall–Kier alpha value is -11.0. The van der Waals surface area contributed by atoms with Crippen LogP contribution in [0, 0.1) is 0 Å². The fourth-order valence-electron chi connectivity index (χ4n) is 11.5. The second-order valence-electron chi connectivity index (χ2n) is 21.7. The van der Waals surface area contributed by atoms with E-state index >= 15 is 0 Å². The van der Waals surface area contributed by atoms with Gasteiger partial charge in [0.15, 0.2) is 0 Å². The van der Waals surface area contributed by atoms with Gasteiger partial charge in [0, 0.05) is 131 Å². The summed E-state index contributed by atoms with van der Waals surface area (Å²) in [6.45, 7) is 8.61. The van der Waals surface area contributed by atoms with Gasteiger partial charge in [0.1, 0.15) is 34.2 Å². The molecule has 0 spiro atoms. The van der Waals surface area contributed by atoms with Gasteiger partial charge in [0.25, 0.3) is 52.8 Å². The normalized spacial score (nSPS) is 16.5. The van der Waals surface area contributed by atoms with Gasteiger partial charge >= 0.3 is 0 Å². The average molecular weight is 1220 g/mol. The van der Waals surface area contributed by atoms with Crippen LogP contribution in [0.15, 0.2) is 146 Å². The number of benzene rings is 3. The van der Waals surface area contributed by atoms with Gasteiger partial charge in [0.05, 0.1) is 54.2 Å². The maximum Gasteiger partial charge on any atom is 0.295 e. The highest BCUT2D eigenvalue weighted by Gasteiger charge is 2.38. The number of aromatic nitrogens is 6. The number of Topliss-reactive ketones (excluding diaryl/α,β-unsaturated/α-hetero) is 3. The van der Waals surface area contributed by atoms with Gasteiger partial charge in [-0.25, -0.2) is 15.0 Å². The molecule has 3 aromatic carbocycles. The number of carbonyl (C=O) groups excluding carboxylic acids is 9. The van der Waals surface area contributed by atoms with E-state index in [9.17, 15) is 43.2 Å². The van der Waals surface area contributed by atoms with Crippen LogP contribution in [0.2, 0.25) is 0 Å². The summed E-state index contributed by atoms with van der Waals surface area (Å²) in [5, 5.41) is 1.47. The topological polar surface area (TPSA) is 287 Å². The Labute approximate surface area is 516 Å². The molecule has 3 atom stereocenters. The Morgan fingerprint density at radius 3 is 0.867 bits per heavy atom. The molecule has 9 heterocycles. The zero-order chi connectivity index (χ0) is 63.8. The van der Waals surface area contributed by atoms with E-state index in [0.717, 1.165) is 0 Å². The Balaban J connectivity index is 0.000000148. The van der Waals surface area contributed by atoms with Crippen molar-refractivity contribution in [1.29, 1.82) is 0 Å². The first-order chi connectivity index (χ1) is 43.5. The van der Waals surface area contributed by atoms with Crippen molar-refractivity contribution in [1.82, 2.24) is 59.3 Å². The largest absolute Gasteiger partial charge is 0.496 e. The lowest BCUT2D eigenvalue weighted by molar-refractivity contribution is -0.130. The molecule has 24 heteroatoms. The van der Waals surface area contributed by atoms with E-state index in [4.69, 9.17) is 14.2 Å². The summed E-state index contributed by atoms with van der Waals surface area (Å²) in [5.41, 5.74) is 3.97. The van der Waals surface area contributed by atoms with Crippen LogP contribution < -0.4 is 14.2 Å². The second kappa shape index (κ2) is 27.3. The molecule has 0 bridgehead atoms. The third kappa shape index (κ3) is 12.7. The van der Waals surface area contributed by atoms with Crippen molar-refractivity contribution < 1.29 is 57.4 Å². The number of amides is 6. The third-order valence-corrected chi connectivity index (χ3v) is 16.2. The minimum absolute atomic E-state index is 0.0756. The number of H-pyrrole nitrogens is 3. The molecule has 3 saturated heterocycles. The van der Waals surface area contributed by atoms with Gasteiger partial charge < -0.3 is 58.6 Å². The molecule has 12 rings (SSSR count). The van der Waals surface area contributed by atoms with Crippen LogP contribution in [-0.4, -0.2) is 210 Å². The molecular weight excluding hydrogens is 1150 g/mol. The van der Waals surface area contributed by atoms with Crippen molar-refractivity contribution in [2.24, 2.45) is 0 Å². The van der Waals surface area contributed by atoms with Crippen LogP contribution in [-0.2, 0) is 14.4 Å².